The minimum absolute atomic E-state index is 0.0123. The van der Waals surface area contributed by atoms with Gasteiger partial charge >= 0.3 is 0 Å². The standard InChI is InChI=1S/C19H25ClN2O3/c20-16-7-3-4-8-17(16)25-12-11-21-19(24)14-9-10-18(23)22(13-14)15-5-1-2-6-15/h3-4,7-8,14-15H,1-2,5-6,9-13H2,(H,21,24)/t14-/m0/s1. The van der Waals surface area contributed by atoms with Gasteiger partial charge in [-0.2, -0.15) is 0 Å². The number of carbonyl (C=O) groups is 2. The highest BCUT2D eigenvalue weighted by molar-refractivity contribution is 6.32. The average Bonchev–Trinajstić information content (AvgIpc) is 3.14. The van der Waals surface area contributed by atoms with Crippen molar-refractivity contribution in [2.45, 2.75) is 44.6 Å². The Kier molecular flexibility index (Phi) is 6.19. The minimum atomic E-state index is -0.112. The topological polar surface area (TPSA) is 58.6 Å². The highest BCUT2D eigenvalue weighted by Gasteiger charge is 2.34. The largest absolute Gasteiger partial charge is 0.490 e. The predicted molar refractivity (Wildman–Crippen MR) is 96.6 cm³/mol. The van der Waals surface area contributed by atoms with E-state index in [2.05, 4.69) is 5.32 Å². The second-order valence-corrected chi connectivity index (χ2v) is 7.20. The van der Waals surface area contributed by atoms with E-state index in [4.69, 9.17) is 16.3 Å². The van der Waals surface area contributed by atoms with Gasteiger partial charge in [-0.15, -0.1) is 0 Å². The molecule has 1 aliphatic carbocycles. The number of nitrogens with one attached hydrogen (secondary N) is 1. The molecule has 25 heavy (non-hydrogen) atoms. The Morgan fingerprint density at radius 2 is 2.00 bits per heavy atom. The van der Waals surface area contributed by atoms with Gasteiger partial charge in [0.25, 0.3) is 0 Å². The summed E-state index contributed by atoms with van der Waals surface area (Å²) in [4.78, 5) is 26.5. The lowest BCUT2D eigenvalue weighted by molar-refractivity contribution is -0.140. The molecule has 0 radical (unpaired) electrons. The summed E-state index contributed by atoms with van der Waals surface area (Å²) in [5, 5.41) is 3.48. The molecule has 1 saturated carbocycles. The third-order valence-electron chi connectivity index (χ3n) is 5.08. The van der Waals surface area contributed by atoms with Gasteiger partial charge in [-0.3, -0.25) is 9.59 Å². The van der Waals surface area contributed by atoms with E-state index in [9.17, 15) is 9.59 Å². The fourth-order valence-corrected chi connectivity index (χ4v) is 3.89. The van der Waals surface area contributed by atoms with Crippen LogP contribution in [0.5, 0.6) is 5.75 Å². The molecule has 1 N–H and O–H groups in total. The van der Waals surface area contributed by atoms with Gasteiger partial charge in [0.2, 0.25) is 11.8 Å². The number of benzene rings is 1. The number of piperidine rings is 1. The summed E-state index contributed by atoms with van der Waals surface area (Å²) in [6.07, 6.45) is 5.64. The maximum absolute atomic E-state index is 12.4. The SMILES string of the molecule is O=C(NCCOc1ccccc1Cl)[C@H]1CCC(=O)N(C2CCCC2)C1. The molecular formula is C19H25ClN2O3. The van der Waals surface area contributed by atoms with Crippen molar-refractivity contribution in [1.82, 2.24) is 10.2 Å². The molecule has 2 fully saturated rings. The van der Waals surface area contributed by atoms with Crippen molar-refractivity contribution >= 4 is 23.4 Å². The maximum Gasteiger partial charge on any atom is 0.225 e. The zero-order chi connectivity index (χ0) is 17.6. The van der Waals surface area contributed by atoms with E-state index in [1.807, 2.05) is 17.0 Å². The highest BCUT2D eigenvalue weighted by atomic mass is 35.5. The maximum atomic E-state index is 12.4. The molecule has 6 heteroatoms. The first-order valence-corrected chi connectivity index (χ1v) is 9.47. The quantitative estimate of drug-likeness (QED) is 0.789. The number of halogens is 1. The normalized spacial score (nSPS) is 21.4. The molecule has 136 valence electrons. The summed E-state index contributed by atoms with van der Waals surface area (Å²) < 4.78 is 5.58. The van der Waals surface area contributed by atoms with Gasteiger partial charge in [0.05, 0.1) is 17.5 Å². The molecular weight excluding hydrogens is 340 g/mol. The number of likely N-dealkylation sites (tertiary alicyclic amines) is 1. The van der Waals surface area contributed by atoms with Gasteiger partial charge in [0, 0.05) is 19.0 Å². The van der Waals surface area contributed by atoms with E-state index < -0.39 is 0 Å². The van der Waals surface area contributed by atoms with E-state index in [0.29, 0.717) is 49.4 Å². The van der Waals surface area contributed by atoms with Crippen LogP contribution in [0.2, 0.25) is 5.02 Å². The van der Waals surface area contributed by atoms with Crippen molar-refractivity contribution < 1.29 is 14.3 Å². The van der Waals surface area contributed by atoms with Crippen molar-refractivity contribution in [2.24, 2.45) is 5.92 Å². The van der Waals surface area contributed by atoms with Crippen LogP contribution in [0.4, 0.5) is 0 Å². The van der Waals surface area contributed by atoms with E-state index in [-0.39, 0.29) is 17.7 Å². The summed E-state index contributed by atoms with van der Waals surface area (Å²) >= 11 is 6.03. The third-order valence-corrected chi connectivity index (χ3v) is 5.39. The second-order valence-electron chi connectivity index (χ2n) is 6.79. The van der Waals surface area contributed by atoms with Crippen LogP contribution in [0.15, 0.2) is 24.3 Å². The fourth-order valence-electron chi connectivity index (χ4n) is 3.70. The molecule has 1 heterocycles. The van der Waals surface area contributed by atoms with Crippen molar-refractivity contribution in [1.29, 1.82) is 0 Å². The van der Waals surface area contributed by atoms with Crippen LogP contribution in [-0.4, -0.2) is 42.5 Å². The number of ether oxygens (including phenoxy) is 1. The molecule has 0 spiro atoms. The van der Waals surface area contributed by atoms with Crippen LogP contribution < -0.4 is 10.1 Å². The second kappa shape index (κ2) is 8.56. The van der Waals surface area contributed by atoms with Gasteiger partial charge in [0.15, 0.2) is 0 Å². The molecule has 2 aliphatic rings. The molecule has 1 aliphatic heterocycles. The molecule has 0 aromatic heterocycles. The summed E-state index contributed by atoms with van der Waals surface area (Å²) in [6, 6.07) is 7.61. The van der Waals surface area contributed by atoms with Gasteiger partial charge < -0.3 is 15.0 Å². The number of nitrogens with zero attached hydrogens (tertiary/aromatic N) is 1. The van der Waals surface area contributed by atoms with Gasteiger partial charge in [0.1, 0.15) is 12.4 Å². The van der Waals surface area contributed by atoms with Crippen molar-refractivity contribution in [2.75, 3.05) is 19.7 Å². The molecule has 3 rings (SSSR count). The molecule has 0 bridgehead atoms. The van der Waals surface area contributed by atoms with Crippen LogP contribution in [-0.2, 0) is 9.59 Å². The smallest absolute Gasteiger partial charge is 0.225 e. The van der Waals surface area contributed by atoms with Gasteiger partial charge in [-0.25, -0.2) is 0 Å². The molecule has 1 aromatic carbocycles. The van der Waals surface area contributed by atoms with E-state index in [1.165, 1.54) is 12.8 Å². The Bertz CT molecular complexity index is 616. The Morgan fingerprint density at radius 3 is 2.76 bits per heavy atom. The zero-order valence-electron chi connectivity index (χ0n) is 14.4. The third kappa shape index (κ3) is 4.66. The fraction of sp³-hybridized carbons (Fsp3) is 0.579. The average molecular weight is 365 g/mol. The van der Waals surface area contributed by atoms with E-state index in [0.717, 1.165) is 12.8 Å². The number of amides is 2. The summed E-state index contributed by atoms with van der Waals surface area (Å²) in [5.74, 6) is 0.726. The van der Waals surface area contributed by atoms with Gasteiger partial charge in [-0.05, 0) is 31.4 Å². The van der Waals surface area contributed by atoms with Crippen LogP contribution >= 0.6 is 11.6 Å². The molecule has 5 nitrogen and oxygen atoms in total. The minimum Gasteiger partial charge on any atom is -0.490 e. The number of carbonyl (C=O) groups excluding carboxylic acids is 2. The lowest BCUT2D eigenvalue weighted by atomic mass is 9.95. The Morgan fingerprint density at radius 1 is 1.24 bits per heavy atom. The van der Waals surface area contributed by atoms with Crippen LogP contribution in [0.25, 0.3) is 0 Å². The predicted octanol–water partition coefficient (Wildman–Crippen LogP) is 3.02. The molecule has 0 unspecified atom stereocenters. The number of hydrogen-bond acceptors (Lipinski definition) is 3. The summed E-state index contributed by atoms with van der Waals surface area (Å²) in [7, 11) is 0. The number of hydrogen-bond donors (Lipinski definition) is 1. The molecule has 1 aromatic rings. The summed E-state index contributed by atoms with van der Waals surface area (Å²) in [5.41, 5.74) is 0. The summed E-state index contributed by atoms with van der Waals surface area (Å²) in [6.45, 7) is 1.35. The van der Waals surface area contributed by atoms with Crippen molar-refractivity contribution in [3.05, 3.63) is 29.3 Å². The lowest BCUT2D eigenvalue weighted by Gasteiger charge is -2.36. The van der Waals surface area contributed by atoms with E-state index in [1.54, 1.807) is 12.1 Å². The first-order valence-electron chi connectivity index (χ1n) is 9.09. The Hall–Kier alpha value is -1.75. The van der Waals surface area contributed by atoms with Crippen LogP contribution in [0, 0.1) is 5.92 Å². The zero-order valence-corrected chi connectivity index (χ0v) is 15.1. The van der Waals surface area contributed by atoms with E-state index >= 15 is 0 Å². The molecule has 2 amide bonds. The highest BCUT2D eigenvalue weighted by Crippen LogP contribution is 2.28. The first kappa shape index (κ1) is 18.1. The van der Waals surface area contributed by atoms with Crippen LogP contribution in [0.3, 0.4) is 0 Å². The van der Waals surface area contributed by atoms with Gasteiger partial charge in [-0.1, -0.05) is 36.6 Å². The molecule has 1 atom stereocenters. The molecule has 1 saturated heterocycles. The number of rotatable bonds is 6. The Balaban J connectivity index is 1.43. The lowest BCUT2D eigenvalue weighted by Crippen LogP contribution is -2.49. The Labute approximate surface area is 153 Å². The first-order chi connectivity index (χ1) is 12.1. The number of para-hydroxylation sites is 1. The monoisotopic (exact) mass is 364 g/mol. The van der Waals surface area contributed by atoms with Crippen LogP contribution in [0.1, 0.15) is 38.5 Å². The van der Waals surface area contributed by atoms with Crippen molar-refractivity contribution in [3.8, 4) is 5.75 Å². The van der Waals surface area contributed by atoms with Crippen molar-refractivity contribution in [3.63, 3.8) is 0 Å².